The maximum atomic E-state index is 12.4. The lowest BCUT2D eigenvalue weighted by Crippen LogP contribution is -2.56. The molecule has 1 aliphatic rings. The first-order valence-corrected chi connectivity index (χ1v) is 6.60. The van der Waals surface area contributed by atoms with Crippen molar-refractivity contribution in [2.45, 2.75) is 19.4 Å². The highest BCUT2D eigenvalue weighted by atomic mass is 16.5. The maximum absolute atomic E-state index is 12.4. The molecule has 110 valence electrons. The molecule has 1 aromatic rings. The van der Waals surface area contributed by atoms with Crippen molar-refractivity contribution in [1.29, 1.82) is 0 Å². The Kier molecular flexibility index (Phi) is 4.57. The van der Waals surface area contributed by atoms with Gasteiger partial charge in [0.2, 0.25) is 5.91 Å². The van der Waals surface area contributed by atoms with Crippen molar-refractivity contribution < 1.29 is 14.3 Å². The minimum absolute atomic E-state index is 0.199. The van der Waals surface area contributed by atoms with Gasteiger partial charge in [-0.2, -0.15) is 5.10 Å². The van der Waals surface area contributed by atoms with Gasteiger partial charge in [0, 0.05) is 19.2 Å². The molecule has 2 heterocycles. The van der Waals surface area contributed by atoms with Crippen molar-refractivity contribution in [1.82, 2.24) is 20.4 Å². The molecule has 0 radical (unpaired) electrons. The molecule has 1 aromatic heterocycles. The number of aromatic nitrogens is 2. The second-order valence-electron chi connectivity index (χ2n) is 4.59. The van der Waals surface area contributed by atoms with E-state index in [-0.39, 0.29) is 29.9 Å². The number of anilines is 1. The van der Waals surface area contributed by atoms with Crippen LogP contribution in [-0.2, 0) is 9.53 Å². The van der Waals surface area contributed by atoms with Gasteiger partial charge in [0.25, 0.3) is 5.91 Å². The molecule has 8 heteroatoms. The number of H-pyrrole nitrogens is 1. The summed E-state index contributed by atoms with van der Waals surface area (Å²) in [6.45, 7) is 3.52. The summed E-state index contributed by atoms with van der Waals surface area (Å²) in [4.78, 5) is 25.9. The number of carbonyl (C=O) groups is 2. The molecule has 0 bridgehead atoms. The minimum Gasteiger partial charge on any atom is -0.382 e. The number of nitrogens with one attached hydrogen (secondary N) is 2. The van der Waals surface area contributed by atoms with Crippen LogP contribution in [0.5, 0.6) is 0 Å². The topological polar surface area (TPSA) is 113 Å². The van der Waals surface area contributed by atoms with Gasteiger partial charge in [-0.25, -0.2) is 0 Å². The normalized spacial score (nSPS) is 18.9. The van der Waals surface area contributed by atoms with Crippen LogP contribution in [-0.4, -0.2) is 59.3 Å². The van der Waals surface area contributed by atoms with Gasteiger partial charge in [0.1, 0.15) is 17.6 Å². The summed E-state index contributed by atoms with van der Waals surface area (Å²) in [6.07, 6.45) is 0.838. The quantitative estimate of drug-likeness (QED) is 0.679. The van der Waals surface area contributed by atoms with Crippen molar-refractivity contribution in [2.24, 2.45) is 0 Å². The van der Waals surface area contributed by atoms with E-state index in [0.29, 0.717) is 19.7 Å². The molecule has 0 spiro atoms. The number of morpholine rings is 1. The van der Waals surface area contributed by atoms with Crippen LogP contribution in [0.25, 0.3) is 0 Å². The van der Waals surface area contributed by atoms with Crippen LogP contribution in [0.3, 0.4) is 0 Å². The summed E-state index contributed by atoms with van der Waals surface area (Å²) in [5, 5.41) is 9.07. The highest BCUT2D eigenvalue weighted by molar-refractivity contribution is 5.96. The molecule has 0 saturated carbocycles. The number of aromatic amines is 1. The number of hydrogen-bond acceptors (Lipinski definition) is 5. The smallest absolute Gasteiger partial charge is 0.272 e. The number of nitrogen functional groups attached to an aromatic ring is 1. The summed E-state index contributed by atoms with van der Waals surface area (Å²) in [5.74, 6) is -0.255. The van der Waals surface area contributed by atoms with E-state index in [2.05, 4.69) is 15.5 Å². The Morgan fingerprint density at radius 2 is 2.45 bits per heavy atom. The molecule has 1 atom stereocenters. The first kappa shape index (κ1) is 14.3. The lowest BCUT2D eigenvalue weighted by molar-refractivity contribution is -0.130. The van der Waals surface area contributed by atoms with Crippen molar-refractivity contribution in [3.63, 3.8) is 0 Å². The molecule has 1 saturated heterocycles. The monoisotopic (exact) mass is 281 g/mol. The summed E-state index contributed by atoms with van der Waals surface area (Å²) >= 11 is 0. The number of rotatable bonds is 4. The van der Waals surface area contributed by atoms with Gasteiger partial charge >= 0.3 is 0 Å². The zero-order valence-electron chi connectivity index (χ0n) is 11.4. The number of nitrogens with zero attached hydrogens (tertiary/aromatic N) is 2. The van der Waals surface area contributed by atoms with E-state index in [1.807, 2.05) is 6.92 Å². The minimum atomic E-state index is -0.618. The molecule has 1 aliphatic heterocycles. The number of nitrogens with two attached hydrogens (primary N) is 1. The Morgan fingerprint density at radius 3 is 3.10 bits per heavy atom. The highest BCUT2D eigenvalue weighted by Crippen LogP contribution is 2.13. The molecule has 1 unspecified atom stereocenters. The number of hydrogen-bond donors (Lipinski definition) is 3. The fourth-order valence-corrected chi connectivity index (χ4v) is 2.03. The number of carbonyl (C=O) groups excluding carboxylic acids is 2. The van der Waals surface area contributed by atoms with E-state index in [1.54, 1.807) is 0 Å². The van der Waals surface area contributed by atoms with Gasteiger partial charge < -0.3 is 20.7 Å². The molecule has 1 fully saturated rings. The van der Waals surface area contributed by atoms with E-state index in [0.717, 1.165) is 6.42 Å². The van der Waals surface area contributed by atoms with Crippen LogP contribution < -0.4 is 11.1 Å². The summed E-state index contributed by atoms with van der Waals surface area (Å²) in [7, 11) is 0. The van der Waals surface area contributed by atoms with Crippen molar-refractivity contribution >= 4 is 17.6 Å². The molecule has 2 rings (SSSR count). The van der Waals surface area contributed by atoms with Gasteiger partial charge in [-0.15, -0.1) is 0 Å². The van der Waals surface area contributed by atoms with E-state index in [9.17, 15) is 9.59 Å². The second-order valence-corrected chi connectivity index (χ2v) is 4.59. The average Bonchev–Trinajstić information content (AvgIpc) is 2.90. The Morgan fingerprint density at radius 1 is 1.65 bits per heavy atom. The largest absolute Gasteiger partial charge is 0.382 e. The third-order valence-corrected chi connectivity index (χ3v) is 3.07. The zero-order chi connectivity index (χ0) is 14.5. The van der Waals surface area contributed by atoms with Crippen LogP contribution in [0, 0.1) is 0 Å². The highest BCUT2D eigenvalue weighted by Gasteiger charge is 2.33. The fourth-order valence-electron chi connectivity index (χ4n) is 2.03. The van der Waals surface area contributed by atoms with Crippen LogP contribution in [0.1, 0.15) is 23.8 Å². The standard InChI is InChI=1S/C12H19N5O3/c1-2-3-14-11(18)9-7-20-5-4-17(9)12(19)8-6-10(13)16-15-8/h6,9H,2-5,7H2,1H3,(H,14,18)(H3,13,15,16). The van der Waals surface area contributed by atoms with Crippen molar-refractivity contribution in [3.8, 4) is 0 Å². The van der Waals surface area contributed by atoms with Crippen molar-refractivity contribution in [2.75, 3.05) is 32.0 Å². The predicted octanol–water partition coefficient (Wildman–Crippen LogP) is -0.641. The SMILES string of the molecule is CCCNC(=O)C1COCCN1C(=O)c1cc(N)n[nH]1. The molecule has 0 aliphatic carbocycles. The lowest BCUT2D eigenvalue weighted by atomic mass is 10.2. The molecular formula is C12H19N5O3. The molecule has 20 heavy (non-hydrogen) atoms. The van der Waals surface area contributed by atoms with E-state index in [1.165, 1.54) is 11.0 Å². The van der Waals surface area contributed by atoms with E-state index < -0.39 is 6.04 Å². The van der Waals surface area contributed by atoms with Gasteiger partial charge in [0.05, 0.1) is 13.2 Å². The maximum Gasteiger partial charge on any atom is 0.272 e. The number of ether oxygens (including phenoxy) is 1. The molecule has 2 amide bonds. The van der Waals surface area contributed by atoms with Gasteiger partial charge in [0.15, 0.2) is 0 Å². The van der Waals surface area contributed by atoms with Crippen LogP contribution >= 0.6 is 0 Å². The van der Waals surface area contributed by atoms with Crippen LogP contribution in [0.15, 0.2) is 6.07 Å². The average molecular weight is 281 g/mol. The third kappa shape index (κ3) is 3.08. The van der Waals surface area contributed by atoms with Crippen LogP contribution in [0.4, 0.5) is 5.82 Å². The van der Waals surface area contributed by atoms with Gasteiger partial charge in [-0.3, -0.25) is 14.7 Å². The van der Waals surface area contributed by atoms with Gasteiger partial charge in [-0.05, 0) is 6.42 Å². The Bertz CT molecular complexity index is 487. The van der Waals surface area contributed by atoms with Crippen LogP contribution in [0.2, 0.25) is 0 Å². The summed E-state index contributed by atoms with van der Waals surface area (Å²) < 4.78 is 5.30. The first-order valence-electron chi connectivity index (χ1n) is 6.60. The Hall–Kier alpha value is -2.09. The summed E-state index contributed by atoms with van der Waals surface area (Å²) in [6, 6.07) is 0.839. The first-order chi connectivity index (χ1) is 9.63. The van der Waals surface area contributed by atoms with E-state index >= 15 is 0 Å². The summed E-state index contributed by atoms with van der Waals surface area (Å²) in [5.41, 5.74) is 5.76. The zero-order valence-corrected chi connectivity index (χ0v) is 11.4. The molecule has 8 nitrogen and oxygen atoms in total. The number of amides is 2. The van der Waals surface area contributed by atoms with Gasteiger partial charge in [-0.1, -0.05) is 6.92 Å². The molecule has 0 aromatic carbocycles. The van der Waals surface area contributed by atoms with Crippen molar-refractivity contribution in [3.05, 3.63) is 11.8 Å². The molecule has 4 N–H and O–H groups in total. The Labute approximate surface area is 116 Å². The second kappa shape index (κ2) is 6.38. The molecular weight excluding hydrogens is 262 g/mol. The lowest BCUT2D eigenvalue weighted by Gasteiger charge is -2.34. The third-order valence-electron chi connectivity index (χ3n) is 3.07. The predicted molar refractivity (Wildman–Crippen MR) is 71.9 cm³/mol. The fraction of sp³-hybridized carbons (Fsp3) is 0.583. The Balaban J connectivity index is 2.10. The van der Waals surface area contributed by atoms with E-state index in [4.69, 9.17) is 10.5 Å².